The van der Waals surface area contributed by atoms with Crippen molar-refractivity contribution in [3.63, 3.8) is 0 Å². The van der Waals surface area contributed by atoms with E-state index in [2.05, 4.69) is 44.0 Å². The van der Waals surface area contributed by atoms with Gasteiger partial charge < -0.3 is 123 Å². The highest BCUT2D eigenvalue weighted by Crippen LogP contribution is 2.42. The molecular formula is C88H108N6O24Si. The van der Waals surface area contributed by atoms with E-state index in [1.165, 1.54) is 5.56 Å². The SMILES string of the molecule is CC(C)(C)[Si](C)(C)OC[C@H]1O[C@@H](O[C@@H]2[C@@H](O)[C@H](NC(=O)OCc3ccccc3)C[C@H](NC(=O)OCc3ccccc3)[C@H]2O[C@H]2O[C@@H]3COC(c4ccccc4)O[C@H]3[C@H](O)[C@H]2NC(=O)OCc2ccccc2)[C@H](OCCNC2CCCc3ccccc32)[C@@H]1O[C@H]1O[C@@H](CNC(=O)OCc2ccccc2)[C@@H](O)[C@H](O)[C@H]1NC(=O)OCc1ccccc1. The van der Waals surface area contributed by atoms with Gasteiger partial charge in [-0.1, -0.05) is 227 Å². The summed E-state index contributed by atoms with van der Waals surface area (Å²) >= 11 is 0. The van der Waals surface area contributed by atoms with E-state index in [1.54, 1.807) is 152 Å². The number of ether oxygens (including phenoxy) is 14. The average Bonchev–Trinajstić information content (AvgIpc) is 1.75. The summed E-state index contributed by atoms with van der Waals surface area (Å²) in [5.74, 6) is 0. The maximum atomic E-state index is 14.8. The molecule has 30 nitrogen and oxygen atoms in total. The van der Waals surface area contributed by atoms with Crippen LogP contribution in [0.1, 0.15) is 96.9 Å². The van der Waals surface area contributed by atoms with Crippen molar-refractivity contribution < 1.29 is 115 Å². The minimum absolute atomic E-state index is 0.0915. The highest BCUT2D eigenvalue weighted by Gasteiger charge is 2.59. The molecule has 4 aliphatic heterocycles. The number of fused-ring (bicyclic) bond motifs is 2. The Morgan fingerprint density at radius 1 is 0.471 bits per heavy atom. The quantitative estimate of drug-likeness (QED) is 0.0110. The molecule has 0 spiro atoms. The van der Waals surface area contributed by atoms with Crippen molar-refractivity contribution in [3.8, 4) is 0 Å². The summed E-state index contributed by atoms with van der Waals surface area (Å²) in [5, 5.41) is 68.1. The second-order valence-electron chi connectivity index (χ2n) is 31.8. The van der Waals surface area contributed by atoms with E-state index < -0.39 is 173 Å². The molecule has 0 radical (unpaired) electrons. The van der Waals surface area contributed by atoms with E-state index in [0.29, 0.717) is 33.4 Å². The second-order valence-corrected chi connectivity index (χ2v) is 36.7. The second kappa shape index (κ2) is 41.7. The largest absolute Gasteiger partial charge is 0.445 e. The third-order valence-electron chi connectivity index (χ3n) is 22.5. The van der Waals surface area contributed by atoms with Gasteiger partial charge >= 0.3 is 30.5 Å². The van der Waals surface area contributed by atoms with Crippen LogP contribution in [0.25, 0.3) is 0 Å². The van der Waals surface area contributed by atoms with Gasteiger partial charge in [0.25, 0.3) is 0 Å². The standard InChI is InChI=1S/C88H108N6O24Si/c1-88(2,3)119(4,5)111-53-67-76(117-80-68(93-86(102)109-50-57-33-18-9-19-34-57)72(97)71(96)65(112-80)46-90-83(99)106-47-54-27-12-6-13-28-54)78(104-44-43-89-62-42-26-40-59-37-24-25-41-61(59)62)82(114-67)118-77-70(95)63(91-84(100)107-48-55-29-14-7-15-30-55)45-64(92-85(101)108-49-56-31-16-8-17-32-56)74(77)115-81-69(94-87(103)110-51-58-35-20-10-21-36-58)73(98)75-66(113-81)52-105-79(116-75)60-38-22-11-23-39-60/h6-25,27-39,41,62-82,89,95-98H,26,40,42-53H2,1-5H3,(H,90,99)(H,91,100)(H,92,101)(H,93,102)(H,94,103)/t62?,63-,64+,65+,66-,67-,68-,69-,70+,71-,72-,73-,74-,75-,76-,77-,78-,79?,80-,81-,82+/m1/s1. The zero-order valence-electron chi connectivity index (χ0n) is 67.1. The van der Waals surface area contributed by atoms with Crippen LogP contribution in [0, 0.1) is 0 Å². The summed E-state index contributed by atoms with van der Waals surface area (Å²) in [6.45, 7) is 8.46. The van der Waals surface area contributed by atoms with E-state index >= 15 is 0 Å². The normalized spacial score (nSPS) is 28.6. The van der Waals surface area contributed by atoms with E-state index in [1.807, 2.05) is 76.3 Å². The van der Waals surface area contributed by atoms with Crippen molar-refractivity contribution in [2.24, 2.45) is 0 Å². The summed E-state index contributed by atoms with van der Waals surface area (Å²) in [7, 11) is -2.82. The predicted molar refractivity (Wildman–Crippen MR) is 431 cm³/mol. The number of amides is 5. The van der Waals surface area contributed by atoms with Gasteiger partial charge in [-0.05, 0) is 82.8 Å². The molecule has 4 saturated heterocycles. The summed E-state index contributed by atoms with van der Waals surface area (Å²) in [6.07, 6.45) is -28.0. The van der Waals surface area contributed by atoms with Gasteiger partial charge in [0, 0.05) is 24.7 Å². The first-order valence-electron chi connectivity index (χ1n) is 40.4. The fourth-order valence-corrected chi connectivity index (χ4v) is 16.1. The van der Waals surface area contributed by atoms with Gasteiger partial charge in [0.2, 0.25) is 0 Å². The number of carbonyl (C=O) groups excluding carboxylic acids is 5. The zero-order chi connectivity index (χ0) is 83.4. The van der Waals surface area contributed by atoms with Gasteiger partial charge in [-0.3, -0.25) is 0 Å². The molecule has 13 rings (SSSR count). The fraction of sp³-hybridized carbons (Fsp3) is 0.466. The van der Waals surface area contributed by atoms with Crippen LogP contribution in [0.2, 0.25) is 18.1 Å². The van der Waals surface area contributed by atoms with Crippen molar-refractivity contribution in [2.45, 2.75) is 226 Å². The molecule has 10 N–H and O–H groups in total. The van der Waals surface area contributed by atoms with Crippen LogP contribution in [0.4, 0.5) is 24.0 Å². The topological polar surface area (TPSA) is 377 Å². The molecule has 6 aliphatic rings. The number of nitrogens with one attached hydrogen (secondary N) is 6. The number of hydrogen-bond donors (Lipinski definition) is 10. The third-order valence-corrected chi connectivity index (χ3v) is 27.0. The summed E-state index contributed by atoms with van der Waals surface area (Å²) in [6, 6.07) is 55.5. The molecule has 0 bridgehead atoms. The number of alkyl carbamates (subject to hydrolysis) is 5. The van der Waals surface area contributed by atoms with Gasteiger partial charge in [-0.25, -0.2) is 24.0 Å². The Morgan fingerprint density at radius 3 is 1.48 bits per heavy atom. The van der Waals surface area contributed by atoms with Gasteiger partial charge in [0.05, 0.1) is 31.9 Å². The Kier molecular flexibility index (Phi) is 30.6. The number of aliphatic hydroxyl groups is 4. The fourth-order valence-electron chi connectivity index (χ4n) is 15.1. The first-order valence-corrected chi connectivity index (χ1v) is 43.4. The lowest BCUT2D eigenvalue weighted by atomic mass is 9.83. The molecule has 638 valence electrons. The Balaban J connectivity index is 0.894. The molecule has 5 amide bonds. The molecule has 1 saturated carbocycles. The lowest BCUT2D eigenvalue weighted by molar-refractivity contribution is -0.358. The lowest BCUT2D eigenvalue weighted by Crippen LogP contribution is -2.71. The van der Waals surface area contributed by atoms with Crippen LogP contribution in [0.5, 0.6) is 0 Å². The van der Waals surface area contributed by atoms with Crippen molar-refractivity contribution in [2.75, 3.05) is 32.9 Å². The smallest absolute Gasteiger partial charge is 0.407 e. The maximum absolute atomic E-state index is 14.8. The Bertz CT molecular complexity index is 4350. The number of rotatable bonds is 31. The van der Waals surface area contributed by atoms with Crippen LogP contribution < -0.4 is 31.9 Å². The molecular weight excluding hydrogens is 1550 g/mol. The van der Waals surface area contributed by atoms with Gasteiger partial charge in [-0.2, -0.15) is 0 Å². The average molecular weight is 1660 g/mol. The predicted octanol–water partition coefficient (Wildman–Crippen LogP) is 9.46. The molecule has 2 unspecified atom stereocenters. The molecule has 2 aliphatic carbocycles. The molecule has 0 aromatic heterocycles. The molecule has 4 heterocycles. The molecule has 31 heteroatoms. The molecule has 5 fully saturated rings. The molecule has 119 heavy (non-hydrogen) atoms. The minimum Gasteiger partial charge on any atom is -0.445 e. The number of carbonyl (C=O) groups is 5. The monoisotopic (exact) mass is 1660 g/mol. The van der Waals surface area contributed by atoms with Crippen molar-refractivity contribution >= 4 is 38.8 Å². The molecule has 21 atom stereocenters. The highest BCUT2D eigenvalue weighted by atomic mass is 28.4. The van der Waals surface area contributed by atoms with Crippen LogP contribution in [-0.2, 0) is 110 Å². The van der Waals surface area contributed by atoms with E-state index in [4.69, 9.17) is 70.7 Å². The van der Waals surface area contributed by atoms with E-state index in [-0.39, 0.29) is 71.9 Å². The van der Waals surface area contributed by atoms with Gasteiger partial charge in [0.1, 0.15) is 118 Å². The molecule has 7 aromatic rings. The van der Waals surface area contributed by atoms with E-state index in [0.717, 1.165) is 24.8 Å². The van der Waals surface area contributed by atoms with Gasteiger partial charge in [-0.15, -0.1) is 0 Å². The first-order chi connectivity index (χ1) is 57.6. The summed E-state index contributed by atoms with van der Waals surface area (Å²) in [4.78, 5) is 71.3. The van der Waals surface area contributed by atoms with Gasteiger partial charge in [0.15, 0.2) is 33.5 Å². The van der Waals surface area contributed by atoms with Crippen LogP contribution in [0.3, 0.4) is 0 Å². The summed E-state index contributed by atoms with van der Waals surface area (Å²) < 4.78 is 98.3. The Labute approximate surface area is 692 Å². The number of hydrogen-bond acceptors (Lipinski definition) is 25. The number of aryl methyl sites for hydroxylation is 1. The van der Waals surface area contributed by atoms with Crippen molar-refractivity contribution in [1.29, 1.82) is 0 Å². The Hall–Kier alpha value is -9.49. The van der Waals surface area contributed by atoms with Crippen LogP contribution >= 0.6 is 0 Å². The van der Waals surface area contributed by atoms with Crippen molar-refractivity contribution in [1.82, 2.24) is 31.9 Å². The number of benzene rings is 7. The molecule has 7 aromatic carbocycles. The summed E-state index contributed by atoms with van der Waals surface area (Å²) in [5.41, 5.74) is 6.19. The van der Waals surface area contributed by atoms with Crippen LogP contribution in [0.15, 0.2) is 206 Å². The maximum Gasteiger partial charge on any atom is 0.407 e. The van der Waals surface area contributed by atoms with Crippen LogP contribution in [-0.4, -0.2) is 208 Å². The first kappa shape index (κ1) is 87.3. The highest BCUT2D eigenvalue weighted by molar-refractivity contribution is 6.74. The lowest BCUT2D eigenvalue weighted by Gasteiger charge is -2.51. The third kappa shape index (κ3) is 23.6. The Morgan fingerprint density at radius 2 is 0.933 bits per heavy atom. The number of aliphatic hydroxyl groups excluding tert-OH is 4. The zero-order valence-corrected chi connectivity index (χ0v) is 68.1. The van der Waals surface area contributed by atoms with Crippen molar-refractivity contribution in [3.05, 3.63) is 251 Å². The van der Waals surface area contributed by atoms with E-state index in [9.17, 15) is 44.4 Å². The minimum atomic E-state index is -2.82.